The molecular weight excluding hydrogens is 207 g/mol. The molecule has 0 N–H and O–H groups in total. The molecule has 1 fully saturated rings. The fraction of sp³-hybridized carbons (Fsp3) is 0.500. The maximum absolute atomic E-state index is 12.4. The summed E-state index contributed by atoms with van der Waals surface area (Å²) >= 11 is 0. The number of hydrogen-bond acceptors (Lipinski definition) is 2. The lowest BCUT2D eigenvalue weighted by Crippen LogP contribution is -2.13. The SMILES string of the molecule is COC1(c2ccnc(C(F)(F)F)c2)CC1. The van der Waals surface area contributed by atoms with Gasteiger partial charge >= 0.3 is 6.18 Å². The fourth-order valence-corrected chi connectivity index (χ4v) is 1.59. The summed E-state index contributed by atoms with van der Waals surface area (Å²) in [7, 11) is 1.51. The first-order chi connectivity index (χ1) is 6.98. The number of pyridine rings is 1. The molecule has 15 heavy (non-hydrogen) atoms. The fourth-order valence-electron chi connectivity index (χ4n) is 1.59. The van der Waals surface area contributed by atoms with E-state index in [0.29, 0.717) is 5.56 Å². The van der Waals surface area contributed by atoms with Crippen LogP contribution in [0.3, 0.4) is 0 Å². The predicted octanol–water partition coefficient (Wildman–Crippen LogP) is 2.74. The molecule has 0 aromatic carbocycles. The number of rotatable bonds is 2. The first kappa shape index (κ1) is 10.4. The van der Waals surface area contributed by atoms with E-state index in [0.717, 1.165) is 18.9 Å². The first-order valence-corrected chi connectivity index (χ1v) is 4.57. The minimum absolute atomic E-state index is 0.497. The Labute approximate surface area is 85.1 Å². The number of aromatic nitrogens is 1. The highest BCUT2D eigenvalue weighted by atomic mass is 19.4. The summed E-state index contributed by atoms with van der Waals surface area (Å²) in [4.78, 5) is 3.31. The van der Waals surface area contributed by atoms with Crippen molar-refractivity contribution < 1.29 is 17.9 Å². The van der Waals surface area contributed by atoms with E-state index in [2.05, 4.69) is 4.98 Å². The van der Waals surface area contributed by atoms with Crippen molar-refractivity contribution in [2.24, 2.45) is 0 Å². The molecule has 2 rings (SSSR count). The van der Waals surface area contributed by atoms with Crippen molar-refractivity contribution in [3.05, 3.63) is 29.6 Å². The van der Waals surface area contributed by atoms with E-state index in [1.165, 1.54) is 13.3 Å². The number of alkyl halides is 3. The molecule has 0 atom stereocenters. The second kappa shape index (κ2) is 3.20. The number of halogens is 3. The average molecular weight is 217 g/mol. The largest absolute Gasteiger partial charge is 0.433 e. The van der Waals surface area contributed by atoms with Gasteiger partial charge in [-0.05, 0) is 30.5 Å². The van der Waals surface area contributed by atoms with Crippen molar-refractivity contribution in [3.63, 3.8) is 0 Å². The molecule has 0 unspecified atom stereocenters. The van der Waals surface area contributed by atoms with Crippen LogP contribution >= 0.6 is 0 Å². The predicted molar refractivity (Wildman–Crippen MR) is 47.2 cm³/mol. The van der Waals surface area contributed by atoms with Gasteiger partial charge in [-0.3, -0.25) is 4.98 Å². The highest BCUT2D eigenvalue weighted by Gasteiger charge is 2.46. The maximum atomic E-state index is 12.4. The third kappa shape index (κ3) is 1.84. The van der Waals surface area contributed by atoms with E-state index in [9.17, 15) is 13.2 Å². The molecule has 2 nitrogen and oxygen atoms in total. The molecular formula is C10H10F3NO. The normalized spacial score (nSPS) is 18.9. The van der Waals surface area contributed by atoms with Gasteiger partial charge in [0.1, 0.15) is 5.69 Å². The molecule has 0 amide bonds. The summed E-state index contributed by atoms with van der Waals surface area (Å²) in [5.41, 5.74) is -0.793. The molecule has 82 valence electrons. The summed E-state index contributed by atoms with van der Waals surface area (Å²) in [5.74, 6) is 0. The quantitative estimate of drug-likeness (QED) is 0.759. The molecule has 1 saturated carbocycles. The Morgan fingerprint density at radius 2 is 2.07 bits per heavy atom. The molecule has 5 heteroatoms. The molecule has 1 aliphatic carbocycles. The van der Waals surface area contributed by atoms with Crippen molar-refractivity contribution in [2.45, 2.75) is 24.6 Å². The van der Waals surface area contributed by atoms with Crippen LogP contribution in [0.15, 0.2) is 18.3 Å². The van der Waals surface area contributed by atoms with Gasteiger partial charge in [0.2, 0.25) is 0 Å². The average Bonchev–Trinajstić information content (AvgIpc) is 2.97. The minimum atomic E-state index is -4.39. The highest BCUT2D eigenvalue weighted by molar-refractivity contribution is 5.29. The molecule has 1 aromatic rings. The van der Waals surface area contributed by atoms with E-state index in [4.69, 9.17) is 4.74 Å². The monoisotopic (exact) mass is 217 g/mol. The van der Waals surface area contributed by atoms with Crippen LogP contribution in [0.1, 0.15) is 24.1 Å². The molecule has 0 saturated heterocycles. The second-order valence-corrected chi connectivity index (χ2v) is 3.63. The van der Waals surface area contributed by atoms with Crippen molar-refractivity contribution in [1.29, 1.82) is 0 Å². The van der Waals surface area contributed by atoms with Crippen molar-refractivity contribution in [2.75, 3.05) is 7.11 Å². The van der Waals surface area contributed by atoms with Crippen LogP contribution in [-0.4, -0.2) is 12.1 Å². The van der Waals surface area contributed by atoms with Crippen LogP contribution in [0.5, 0.6) is 0 Å². The zero-order chi connectivity index (χ0) is 11.1. The van der Waals surface area contributed by atoms with Gasteiger partial charge < -0.3 is 4.74 Å². The van der Waals surface area contributed by atoms with Gasteiger partial charge in [-0.2, -0.15) is 13.2 Å². The van der Waals surface area contributed by atoms with Gasteiger partial charge in [-0.15, -0.1) is 0 Å². The molecule has 1 heterocycles. The Hall–Kier alpha value is -1.10. The van der Waals surface area contributed by atoms with E-state index in [1.807, 2.05) is 0 Å². The van der Waals surface area contributed by atoms with E-state index in [1.54, 1.807) is 6.07 Å². The van der Waals surface area contributed by atoms with Crippen molar-refractivity contribution in [1.82, 2.24) is 4.98 Å². The standard InChI is InChI=1S/C10H10F3NO/c1-15-9(3-4-9)7-2-5-14-8(6-7)10(11,12)13/h2,5-6H,3-4H2,1H3. The lowest BCUT2D eigenvalue weighted by molar-refractivity contribution is -0.141. The van der Waals surface area contributed by atoms with E-state index in [-0.39, 0.29) is 0 Å². The van der Waals surface area contributed by atoms with Crippen molar-refractivity contribution in [3.8, 4) is 0 Å². The highest BCUT2D eigenvalue weighted by Crippen LogP contribution is 2.49. The Morgan fingerprint density at radius 3 is 2.53 bits per heavy atom. The summed E-state index contributed by atoms with van der Waals surface area (Å²) < 4.78 is 42.3. The summed E-state index contributed by atoms with van der Waals surface area (Å²) in [6.07, 6.45) is -1.67. The van der Waals surface area contributed by atoms with Gasteiger partial charge in [-0.1, -0.05) is 0 Å². The summed E-state index contributed by atoms with van der Waals surface area (Å²) in [6, 6.07) is 2.64. The molecule has 0 radical (unpaired) electrons. The molecule has 0 bridgehead atoms. The zero-order valence-electron chi connectivity index (χ0n) is 8.14. The van der Waals surface area contributed by atoms with Gasteiger partial charge in [0.05, 0.1) is 5.60 Å². The van der Waals surface area contributed by atoms with Gasteiger partial charge in [0.15, 0.2) is 0 Å². The lowest BCUT2D eigenvalue weighted by Gasteiger charge is -2.15. The Balaban J connectivity index is 2.35. The third-order valence-electron chi connectivity index (χ3n) is 2.67. The number of methoxy groups -OCH3 is 1. The van der Waals surface area contributed by atoms with E-state index >= 15 is 0 Å². The van der Waals surface area contributed by atoms with Crippen LogP contribution in [0.25, 0.3) is 0 Å². The molecule has 1 aromatic heterocycles. The Morgan fingerprint density at radius 1 is 1.40 bits per heavy atom. The van der Waals surface area contributed by atoms with Gasteiger partial charge in [0.25, 0.3) is 0 Å². The third-order valence-corrected chi connectivity index (χ3v) is 2.67. The lowest BCUT2D eigenvalue weighted by atomic mass is 10.1. The van der Waals surface area contributed by atoms with Crippen LogP contribution in [-0.2, 0) is 16.5 Å². The van der Waals surface area contributed by atoms with Gasteiger partial charge in [0, 0.05) is 13.3 Å². The molecule has 1 aliphatic rings. The Kier molecular flexibility index (Phi) is 2.22. The minimum Gasteiger partial charge on any atom is -0.374 e. The number of ether oxygens (including phenoxy) is 1. The van der Waals surface area contributed by atoms with Crippen LogP contribution < -0.4 is 0 Å². The summed E-state index contributed by atoms with van der Waals surface area (Å²) in [5, 5.41) is 0. The summed E-state index contributed by atoms with van der Waals surface area (Å²) in [6.45, 7) is 0. The van der Waals surface area contributed by atoms with Crippen molar-refractivity contribution >= 4 is 0 Å². The van der Waals surface area contributed by atoms with Crippen LogP contribution in [0.2, 0.25) is 0 Å². The first-order valence-electron chi connectivity index (χ1n) is 4.57. The van der Waals surface area contributed by atoms with Crippen LogP contribution in [0.4, 0.5) is 13.2 Å². The van der Waals surface area contributed by atoms with E-state index < -0.39 is 17.5 Å². The van der Waals surface area contributed by atoms with Gasteiger partial charge in [-0.25, -0.2) is 0 Å². The number of hydrogen-bond donors (Lipinski definition) is 0. The maximum Gasteiger partial charge on any atom is 0.433 e. The second-order valence-electron chi connectivity index (χ2n) is 3.63. The van der Waals surface area contributed by atoms with Crippen LogP contribution in [0, 0.1) is 0 Å². The molecule has 0 aliphatic heterocycles. The number of nitrogens with zero attached hydrogens (tertiary/aromatic N) is 1. The molecule has 0 spiro atoms. The smallest absolute Gasteiger partial charge is 0.374 e. The topological polar surface area (TPSA) is 22.1 Å². The zero-order valence-corrected chi connectivity index (χ0v) is 8.14. The Bertz CT molecular complexity index is 371.